The smallest absolute Gasteiger partial charge is 0.127 e. The number of para-hydroxylation sites is 2. The van der Waals surface area contributed by atoms with Crippen molar-refractivity contribution in [2.75, 3.05) is 0 Å². The van der Waals surface area contributed by atoms with Crippen molar-refractivity contribution in [1.29, 1.82) is 0 Å². The molecule has 0 spiro atoms. The van der Waals surface area contributed by atoms with E-state index in [1.807, 2.05) is 25.1 Å². The van der Waals surface area contributed by atoms with Crippen molar-refractivity contribution < 1.29 is 5.11 Å². The van der Waals surface area contributed by atoms with Gasteiger partial charge in [-0.05, 0) is 42.5 Å². The van der Waals surface area contributed by atoms with E-state index in [1.165, 1.54) is 5.56 Å². The van der Waals surface area contributed by atoms with Crippen LogP contribution >= 0.6 is 0 Å². The number of aliphatic imine (C=N–C) groups is 1. The summed E-state index contributed by atoms with van der Waals surface area (Å²) < 4.78 is 0. The van der Waals surface area contributed by atoms with Crippen LogP contribution in [0, 0.1) is 13.8 Å². The lowest BCUT2D eigenvalue weighted by molar-refractivity contribution is 0.470. The van der Waals surface area contributed by atoms with Gasteiger partial charge in [-0.1, -0.05) is 44.2 Å². The standard InChI is InChI=1S/C18H21NO/c1-12(2)16-10-6-7-13(3)17(16)19-11-15-9-5-8-14(4)18(15)20/h5-12,20H,1-4H3. The van der Waals surface area contributed by atoms with E-state index >= 15 is 0 Å². The van der Waals surface area contributed by atoms with Gasteiger partial charge in [-0.3, -0.25) is 4.99 Å². The first-order valence-electron chi connectivity index (χ1n) is 6.93. The van der Waals surface area contributed by atoms with E-state index in [9.17, 15) is 5.11 Å². The van der Waals surface area contributed by atoms with Crippen LogP contribution in [0.1, 0.15) is 42.0 Å². The number of aryl methyl sites for hydroxylation is 2. The quantitative estimate of drug-likeness (QED) is 0.789. The average molecular weight is 267 g/mol. The Bertz CT molecular complexity index is 642. The maximum atomic E-state index is 10.0. The molecule has 0 unspecified atom stereocenters. The summed E-state index contributed by atoms with van der Waals surface area (Å²) in [5.41, 5.74) is 5.00. The maximum Gasteiger partial charge on any atom is 0.127 e. The van der Waals surface area contributed by atoms with E-state index in [4.69, 9.17) is 0 Å². The average Bonchev–Trinajstić information content (AvgIpc) is 2.41. The molecule has 0 aliphatic rings. The molecule has 0 saturated heterocycles. The van der Waals surface area contributed by atoms with Gasteiger partial charge in [-0.25, -0.2) is 0 Å². The van der Waals surface area contributed by atoms with Crippen LogP contribution in [-0.2, 0) is 0 Å². The molecule has 0 atom stereocenters. The first-order chi connectivity index (χ1) is 9.50. The topological polar surface area (TPSA) is 32.6 Å². The molecule has 0 radical (unpaired) electrons. The van der Waals surface area contributed by atoms with Crippen LogP contribution in [-0.4, -0.2) is 11.3 Å². The summed E-state index contributed by atoms with van der Waals surface area (Å²) >= 11 is 0. The summed E-state index contributed by atoms with van der Waals surface area (Å²) in [5, 5.41) is 10.0. The zero-order valence-corrected chi connectivity index (χ0v) is 12.5. The van der Waals surface area contributed by atoms with Gasteiger partial charge in [0.1, 0.15) is 5.75 Å². The summed E-state index contributed by atoms with van der Waals surface area (Å²) in [7, 11) is 0. The monoisotopic (exact) mass is 267 g/mol. The highest BCUT2D eigenvalue weighted by molar-refractivity contribution is 5.86. The molecule has 0 aliphatic carbocycles. The minimum absolute atomic E-state index is 0.302. The number of hydrogen-bond acceptors (Lipinski definition) is 2. The number of benzene rings is 2. The van der Waals surface area contributed by atoms with Crippen LogP contribution in [0.4, 0.5) is 5.69 Å². The van der Waals surface area contributed by atoms with E-state index in [0.29, 0.717) is 11.7 Å². The van der Waals surface area contributed by atoms with E-state index < -0.39 is 0 Å². The highest BCUT2D eigenvalue weighted by atomic mass is 16.3. The normalized spacial score (nSPS) is 11.4. The van der Waals surface area contributed by atoms with Crippen LogP contribution in [0.3, 0.4) is 0 Å². The number of phenolic OH excluding ortho intramolecular Hbond substituents is 1. The first-order valence-corrected chi connectivity index (χ1v) is 6.93. The molecule has 0 bridgehead atoms. The molecule has 0 heterocycles. The largest absolute Gasteiger partial charge is 0.507 e. The van der Waals surface area contributed by atoms with Gasteiger partial charge in [0.25, 0.3) is 0 Å². The number of aromatic hydroxyl groups is 1. The van der Waals surface area contributed by atoms with Crippen LogP contribution in [0.15, 0.2) is 41.4 Å². The van der Waals surface area contributed by atoms with E-state index in [0.717, 1.165) is 22.4 Å². The van der Waals surface area contributed by atoms with Gasteiger partial charge in [-0.2, -0.15) is 0 Å². The molecule has 0 fully saturated rings. The van der Waals surface area contributed by atoms with Crippen molar-refractivity contribution >= 4 is 11.9 Å². The van der Waals surface area contributed by atoms with Gasteiger partial charge >= 0.3 is 0 Å². The molecule has 2 aromatic carbocycles. The Labute approximate surface area is 120 Å². The Morgan fingerprint density at radius 2 is 1.65 bits per heavy atom. The molecule has 2 aromatic rings. The Morgan fingerprint density at radius 1 is 1.00 bits per heavy atom. The molecule has 20 heavy (non-hydrogen) atoms. The van der Waals surface area contributed by atoms with E-state index in [2.05, 4.69) is 44.0 Å². The number of rotatable bonds is 3. The maximum absolute atomic E-state index is 10.0. The van der Waals surface area contributed by atoms with Gasteiger partial charge in [0.05, 0.1) is 5.69 Å². The SMILES string of the molecule is Cc1cccc(C=Nc2c(C)cccc2C(C)C)c1O. The molecule has 0 saturated carbocycles. The number of phenols is 1. The van der Waals surface area contributed by atoms with Gasteiger partial charge in [0, 0.05) is 11.8 Å². The van der Waals surface area contributed by atoms with Crippen LogP contribution in [0.5, 0.6) is 5.75 Å². The van der Waals surface area contributed by atoms with Crippen LogP contribution in [0.2, 0.25) is 0 Å². The van der Waals surface area contributed by atoms with Crippen molar-refractivity contribution in [2.24, 2.45) is 4.99 Å². The van der Waals surface area contributed by atoms with Crippen molar-refractivity contribution in [2.45, 2.75) is 33.6 Å². The summed E-state index contributed by atoms with van der Waals surface area (Å²) in [6.45, 7) is 8.28. The lowest BCUT2D eigenvalue weighted by atomic mass is 9.98. The third-order valence-electron chi connectivity index (χ3n) is 3.49. The number of hydrogen-bond donors (Lipinski definition) is 1. The van der Waals surface area contributed by atoms with Crippen molar-refractivity contribution in [3.63, 3.8) is 0 Å². The van der Waals surface area contributed by atoms with Crippen molar-refractivity contribution in [3.05, 3.63) is 58.7 Å². The van der Waals surface area contributed by atoms with Crippen LogP contribution < -0.4 is 0 Å². The second kappa shape index (κ2) is 5.91. The molecule has 0 aliphatic heterocycles. The van der Waals surface area contributed by atoms with Crippen molar-refractivity contribution in [3.8, 4) is 5.75 Å². The molecule has 2 heteroatoms. The molecule has 2 nitrogen and oxygen atoms in total. The number of nitrogens with zero attached hydrogens (tertiary/aromatic N) is 1. The summed E-state index contributed by atoms with van der Waals surface area (Å²) in [4.78, 5) is 4.61. The first kappa shape index (κ1) is 14.3. The Hall–Kier alpha value is -2.09. The Kier molecular flexibility index (Phi) is 4.23. The third-order valence-corrected chi connectivity index (χ3v) is 3.49. The molecule has 0 aromatic heterocycles. The predicted octanol–water partition coefficient (Wildman–Crippen LogP) is 4.88. The molecular weight excluding hydrogens is 246 g/mol. The van der Waals surface area contributed by atoms with E-state index in [1.54, 1.807) is 6.21 Å². The molecular formula is C18H21NO. The lowest BCUT2D eigenvalue weighted by Crippen LogP contribution is -1.91. The van der Waals surface area contributed by atoms with Crippen molar-refractivity contribution in [1.82, 2.24) is 0 Å². The lowest BCUT2D eigenvalue weighted by Gasteiger charge is -2.11. The minimum atomic E-state index is 0.302. The van der Waals surface area contributed by atoms with Gasteiger partial charge in [-0.15, -0.1) is 0 Å². The van der Waals surface area contributed by atoms with Gasteiger partial charge in [0.2, 0.25) is 0 Å². The highest BCUT2D eigenvalue weighted by Crippen LogP contribution is 2.30. The molecule has 104 valence electrons. The Morgan fingerprint density at radius 3 is 2.35 bits per heavy atom. The fourth-order valence-electron chi connectivity index (χ4n) is 2.24. The fraction of sp³-hybridized carbons (Fsp3) is 0.278. The highest BCUT2D eigenvalue weighted by Gasteiger charge is 2.08. The Balaban J connectivity index is 2.44. The zero-order chi connectivity index (χ0) is 14.7. The van der Waals surface area contributed by atoms with Crippen LogP contribution in [0.25, 0.3) is 0 Å². The zero-order valence-electron chi connectivity index (χ0n) is 12.5. The molecule has 2 rings (SSSR count). The fourth-order valence-corrected chi connectivity index (χ4v) is 2.24. The summed E-state index contributed by atoms with van der Waals surface area (Å²) in [5.74, 6) is 0.726. The molecule has 0 amide bonds. The van der Waals surface area contributed by atoms with Gasteiger partial charge < -0.3 is 5.11 Å². The second-order valence-corrected chi connectivity index (χ2v) is 5.44. The molecule has 1 N–H and O–H groups in total. The third kappa shape index (κ3) is 2.90. The second-order valence-electron chi connectivity index (χ2n) is 5.44. The summed E-state index contributed by atoms with van der Waals surface area (Å²) in [6, 6.07) is 11.9. The van der Waals surface area contributed by atoms with E-state index in [-0.39, 0.29) is 0 Å². The minimum Gasteiger partial charge on any atom is -0.507 e. The predicted molar refractivity (Wildman–Crippen MR) is 85.4 cm³/mol. The van der Waals surface area contributed by atoms with Gasteiger partial charge in [0.15, 0.2) is 0 Å². The summed E-state index contributed by atoms with van der Waals surface area (Å²) in [6.07, 6.45) is 1.75.